The van der Waals surface area contributed by atoms with Crippen LogP contribution in [-0.4, -0.2) is 46.3 Å². The van der Waals surface area contributed by atoms with E-state index in [-0.39, 0.29) is 5.69 Å². The van der Waals surface area contributed by atoms with Gasteiger partial charge in [0, 0.05) is 24.4 Å². The zero-order valence-electron chi connectivity index (χ0n) is 13.2. The summed E-state index contributed by atoms with van der Waals surface area (Å²) in [5.41, 5.74) is 2.00. The Morgan fingerprint density at radius 3 is 2.70 bits per heavy atom. The highest BCUT2D eigenvalue weighted by Gasteiger charge is 2.14. The number of carbonyl (C=O) groups is 1. The number of amides is 1. The number of hydroxylamine groups is 1. The summed E-state index contributed by atoms with van der Waals surface area (Å²) in [7, 11) is 0. The van der Waals surface area contributed by atoms with Crippen molar-refractivity contribution in [3.63, 3.8) is 0 Å². The van der Waals surface area contributed by atoms with Gasteiger partial charge in [0.2, 0.25) is 0 Å². The van der Waals surface area contributed by atoms with Gasteiger partial charge in [-0.1, -0.05) is 19.9 Å². The van der Waals surface area contributed by atoms with Crippen molar-refractivity contribution in [3.05, 3.63) is 40.0 Å². The number of rotatable bonds is 9. The van der Waals surface area contributed by atoms with Gasteiger partial charge in [-0.2, -0.15) is 0 Å². The molecule has 1 amide bonds. The van der Waals surface area contributed by atoms with Crippen LogP contribution in [0.2, 0.25) is 0 Å². The molecule has 2 N–H and O–H groups in total. The van der Waals surface area contributed by atoms with Crippen LogP contribution in [0.3, 0.4) is 0 Å². The lowest BCUT2D eigenvalue weighted by Crippen LogP contribution is -2.25. The smallest absolute Gasteiger partial charge is 0.283 e. The van der Waals surface area contributed by atoms with Crippen LogP contribution in [0.15, 0.2) is 29.2 Å². The summed E-state index contributed by atoms with van der Waals surface area (Å²) < 4.78 is 0. The van der Waals surface area contributed by atoms with E-state index in [0.717, 1.165) is 31.5 Å². The predicted molar refractivity (Wildman–Crippen MR) is 90.6 cm³/mol. The van der Waals surface area contributed by atoms with Gasteiger partial charge in [0.1, 0.15) is 0 Å². The highest BCUT2D eigenvalue weighted by Crippen LogP contribution is 2.30. The molecule has 0 spiro atoms. The summed E-state index contributed by atoms with van der Waals surface area (Å²) in [6.07, 6.45) is 2.51. The second-order valence-corrected chi connectivity index (χ2v) is 5.81. The number of hydrogen-bond donors (Lipinski definition) is 2. The van der Waals surface area contributed by atoms with Crippen molar-refractivity contribution in [1.82, 2.24) is 10.4 Å². The Balaban J connectivity index is 2.82. The number of hydrogen-bond acceptors (Lipinski definition) is 6. The summed E-state index contributed by atoms with van der Waals surface area (Å²) in [5.74, 6) is 0.0790. The largest absolute Gasteiger partial charge is 0.303 e. The zero-order chi connectivity index (χ0) is 17.2. The molecule has 126 valence electrons. The van der Waals surface area contributed by atoms with Crippen LogP contribution < -0.4 is 5.48 Å². The fourth-order valence-electron chi connectivity index (χ4n) is 1.94. The van der Waals surface area contributed by atoms with Gasteiger partial charge in [-0.3, -0.25) is 20.1 Å². The molecule has 23 heavy (non-hydrogen) atoms. The van der Waals surface area contributed by atoms with Gasteiger partial charge in [-0.15, -0.1) is 11.8 Å². The van der Waals surface area contributed by atoms with Crippen LogP contribution in [-0.2, 0) is 4.79 Å². The molecule has 0 radical (unpaired) electrons. The lowest BCUT2D eigenvalue weighted by molar-refractivity contribution is -0.387. The average Bonchev–Trinajstić information content (AvgIpc) is 2.56. The Morgan fingerprint density at radius 2 is 2.13 bits per heavy atom. The summed E-state index contributed by atoms with van der Waals surface area (Å²) in [5, 5.41) is 19.6. The number of nitrogens with zero attached hydrogens (tertiary/aromatic N) is 2. The van der Waals surface area contributed by atoms with E-state index in [1.54, 1.807) is 12.1 Å². The van der Waals surface area contributed by atoms with Crippen molar-refractivity contribution in [3.8, 4) is 0 Å². The minimum Gasteiger partial charge on any atom is -0.303 e. The second kappa shape index (κ2) is 9.98. The molecule has 0 bridgehead atoms. The topological polar surface area (TPSA) is 95.7 Å². The van der Waals surface area contributed by atoms with E-state index in [1.807, 2.05) is 0 Å². The summed E-state index contributed by atoms with van der Waals surface area (Å²) in [6, 6.07) is 4.80. The maximum atomic E-state index is 11.2. The van der Waals surface area contributed by atoms with Gasteiger partial charge >= 0.3 is 0 Å². The van der Waals surface area contributed by atoms with Crippen molar-refractivity contribution in [2.24, 2.45) is 0 Å². The highest BCUT2D eigenvalue weighted by molar-refractivity contribution is 7.99. The first-order chi connectivity index (χ1) is 11.0. The molecule has 0 saturated carbocycles. The molecule has 0 fully saturated rings. The standard InChI is InChI=1S/C15H21N3O4S/c1-3-17(4-2)9-10-23-14-7-5-12(6-8-15(19)16-20)11-13(14)18(21)22/h5-8,11,20H,3-4,9-10H2,1-2H3,(H,16,19). The minimum atomic E-state index is -0.690. The third kappa shape index (κ3) is 6.39. The van der Waals surface area contributed by atoms with E-state index < -0.39 is 10.8 Å². The van der Waals surface area contributed by atoms with Gasteiger partial charge in [0.25, 0.3) is 11.6 Å². The molecule has 0 heterocycles. The Hall–Kier alpha value is -1.90. The van der Waals surface area contributed by atoms with Gasteiger partial charge in [-0.05, 0) is 30.8 Å². The molecule has 0 saturated heterocycles. The van der Waals surface area contributed by atoms with Crippen LogP contribution in [0.25, 0.3) is 6.08 Å². The summed E-state index contributed by atoms with van der Waals surface area (Å²) in [4.78, 5) is 24.6. The molecular weight excluding hydrogens is 318 g/mol. The molecule has 8 heteroatoms. The van der Waals surface area contributed by atoms with E-state index in [1.165, 1.54) is 29.4 Å². The molecule has 0 aliphatic rings. The molecule has 0 aliphatic carbocycles. The number of benzene rings is 1. The van der Waals surface area contributed by atoms with Crippen LogP contribution >= 0.6 is 11.8 Å². The minimum absolute atomic E-state index is 0.0149. The van der Waals surface area contributed by atoms with Crippen LogP contribution in [0, 0.1) is 10.1 Å². The number of thioether (sulfide) groups is 1. The molecular formula is C15H21N3O4S. The maximum absolute atomic E-state index is 11.2. The highest BCUT2D eigenvalue weighted by atomic mass is 32.2. The fraction of sp³-hybridized carbons (Fsp3) is 0.400. The number of nitro groups is 1. The summed E-state index contributed by atoms with van der Waals surface area (Å²) in [6.45, 7) is 6.94. The third-order valence-corrected chi connectivity index (χ3v) is 4.32. The molecule has 1 aromatic carbocycles. The van der Waals surface area contributed by atoms with Crippen LogP contribution in [0.1, 0.15) is 19.4 Å². The summed E-state index contributed by atoms with van der Waals surface area (Å²) >= 11 is 1.45. The van der Waals surface area contributed by atoms with Crippen LogP contribution in [0.5, 0.6) is 0 Å². The van der Waals surface area contributed by atoms with Crippen molar-refractivity contribution >= 4 is 29.4 Å². The van der Waals surface area contributed by atoms with Crippen molar-refractivity contribution in [2.75, 3.05) is 25.4 Å². The molecule has 7 nitrogen and oxygen atoms in total. The van der Waals surface area contributed by atoms with E-state index in [4.69, 9.17) is 5.21 Å². The van der Waals surface area contributed by atoms with E-state index in [0.29, 0.717) is 10.5 Å². The second-order valence-electron chi connectivity index (χ2n) is 4.67. The number of carbonyl (C=O) groups excluding carboxylic acids is 1. The van der Waals surface area contributed by atoms with E-state index in [9.17, 15) is 14.9 Å². The number of nitrogens with one attached hydrogen (secondary N) is 1. The van der Waals surface area contributed by atoms with Gasteiger partial charge < -0.3 is 4.90 Å². The van der Waals surface area contributed by atoms with Crippen molar-refractivity contribution < 1.29 is 14.9 Å². The lowest BCUT2D eigenvalue weighted by atomic mass is 10.2. The first-order valence-corrected chi connectivity index (χ1v) is 8.26. The Bertz CT molecular complexity index is 574. The Kier molecular flexibility index (Phi) is 8.31. The van der Waals surface area contributed by atoms with E-state index >= 15 is 0 Å². The SMILES string of the molecule is CCN(CC)CCSc1ccc(C=CC(=O)NO)cc1[N+](=O)[O-]. The monoisotopic (exact) mass is 339 g/mol. The molecule has 0 atom stereocenters. The zero-order valence-corrected chi connectivity index (χ0v) is 14.0. The quantitative estimate of drug-likeness (QED) is 0.236. The molecule has 1 aromatic rings. The molecule has 1 rings (SSSR count). The Morgan fingerprint density at radius 1 is 1.43 bits per heavy atom. The molecule has 0 unspecified atom stereocenters. The van der Waals surface area contributed by atoms with Gasteiger partial charge in [0.15, 0.2) is 0 Å². The van der Waals surface area contributed by atoms with Gasteiger partial charge in [0.05, 0.1) is 9.82 Å². The van der Waals surface area contributed by atoms with Crippen molar-refractivity contribution in [2.45, 2.75) is 18.7 Å². The lowest BCUT2D eigenvalue weighted by Gasteiger charge is -2.17. The predicted octanol–water partition coefficient (Wildman–Crippen LogP) is 2.55. The first kappa shape index (κ1) is 19.1. The first-order valence-electron chi connectivity index (χ1n) is 7.27. The van der Waals surface area contributed by atoms with Crippen LogP contribution in [0.4, 0.5) is 5.69 Å². The van der Waals surface area contributed by atoms with Crippen molar-refractivity contribution in [1.29, 1.82) is 0 Å². The molecule has 0 aliphatic heterocycles. The van der Waals surface area contributed by atoms with Gasteiger partial charge in [-0.25, -0.2) is 5.48 Å². The fourth-order valence-corrected chi connectivity index (χ4v) is 2.95. The third-order valence-electron chi connectivity index (χ3n) is 3.28. The van der Waals surface area contributed by atoms with E-state index in [2.05, 4.69) is 18.7 Å². The molecule has 0 aromatic heterocycles. The number of nitro benzene ring substituents is 1. The normalized spacial score (nSPS) is 11.1. The Labute approximate surface area is 139 Å². The average molecular weight is 339 g/mol. The maximum Gasteiger partial charge on any atom is 0.283 e.